The monoisotopic (exact) mass is 252 g/mol. The number of aromatic nitrogens is 2. The molecule has 0 bridgehead atoms. The van der Waals surface area contributed by atoms with Gasteiger partial charge in [-0.15, -0.1) is 0 Å². The molecule has 2 N–H and O–H groups in total. The molecule has 0 spiro atoms. The van der Waals surface area contributed by atoms with Crippen molar-refractivity contribution in [3.8, 4) is 0 Å². The second kappa shape index (κ2) is 5.80. The van der Waals surface area contributed by atoms with Gasteiger partial charge >= 0.3 is 0 Å². The zero-order valence-corrected chi connectivity index (χ0v) is 11.5. The molecule has 1 saturated carbocycles. The maximum Gasteiger partial charge on any atom is 0.234 e. The fourth-order valence-corrected chi connectivity index (χ4v) is 2.48. The van der Waals surface area contributed by atoms with Gasteiger partial charge in [0.05, 0.1) is 5.41 Å². The molecule has 102 valence electrons. The molecule has 1 aliphatic rings. The molecule has 2 rings (SSSR count). The first-order valence-corrected chi connectivity index (χ1v) is 6.99. The van der Waals surface area contributed by atoms with E-state index in [9.17, 15) is 0 Å². The summed E-state index contributed by atoms with van der Waals surface area (Å²) in [5, 5.41) is 4.08. The molecular formula is C13H24N4O. The van der Waals surface area contributed by atoms with Gasteiger partial charge in [-0.1, -0.05) is 25.4 Å². The Bertz CT molecular complexity index is 363. The molecule has 0 amide bonds. The Labute approximate surface area is 109 Å². The highest BCUT2D eigenvalue weighted by molar-refractivity contribution is 5.11. The van der Waals surface area contributed by atoms with E-state index < -0.39 is 0 Å². The van der Waals surface area contributed by atoms with Crippen LogP contribution in [0.4, 0.5) is 0 Å². The number of rotatable bonds is 7. The highest BCUT2D eigenvalue weighted by atomic mass is 16.5. The number of nitrogens with two attached hydrogens (primary N) is 1. The van der Waals surface area contributed by atoms with Crippen LogP contribution in [0.1, 0.15) is 44.8 Å². The molecule has 1 fully saturated rings. The van der Waals surface area contributed by atoms with E-state index in [0.717, 1.165) is 50.6 Å². The molecule has 0 unspecified atom stereocenters. The Morgan fingerprint density at radius 2 is 2.06 bits per heavy atom. The van der Waals surface area contributed by atoms with Crippen molar-refractivity contribution in [3.05, 3.63) is 11.7 Å². The standard InChI is InChI=1S/C13H24N4O/c1-3-17(4-2)9-6-11-15-12(18-16-11)13(10-14)7-5-8-13/h3-10,14H2,1-2H3. The number of hydrogen-bond donors (Lipinski definition) is 1. The first kappa shape index (κ1) is 13.5. The van der Waals surface area contributed by atoms with Gasteiger partial charge in [-0.05, 0) is 25.9 Å². The van der Waals surface area contributed by atoms with E-state index in [1.807, 2.05) is 0 Å². The van der Waals surface area contributed by atoms with Gasteiger partial charge in [0.1, 0.15) is 0 Å². The van der Waals surface area contributed by atoms with Crippen LogP contribution >= 0.6 is 0 Å². The lowest BCUT2D eigenvalue weighted by atomic mass is 9.69. The third-order valence-electron chi connectivity index (χ3n) is 4.17. The molecule has 18 heavy (non-hydrogen) atoms. The van der Waals surface area contributed by atoms with Crippen LogP contribution < -0.4 is 5.73 Å². The van der Waals surface area contributed by atoms with Gasteiger partial charge < -0.3 is 15.2 Å². The largest absolute Gasteiger partial charge is 0.339 e. The quantitative estimate of drug-likeness (QED) is 0.793. The Balaban J connectivity index is 1.94. The Hall–Kier alpha value is -0.940. The van der Waals surface area contributed by atoms with Gasteiger partial charge in [-0.3, -0.25) is 0 Å². The summed E-state index contributed by atoms with van der Waals surface area (Å²) >= 11 is 0. The number of hydrogen-bond acceptors (Lipinski definition) is 5. The minimum absolute atomic E-state index is 0.0134. The van der Waals surface area contributed by atoms with Crippen LogP contribution in [-0.4, -0.2) is 41.2 Å². The lowest BCUT2D eigenvalue weighted by Crippen LogP contribution is -2.41. The van der Waals surface area contributed by atoms with Gasteiger partial charge in [-0.2, -0.15) is 4.98 Å². The van der Waals surface area contributed by atoms with E-state index in [1.165, 1.54) is 6.42 Å². The fourth-order valence-electron chi connectivity index (χ4n) is 2.48. The van der Waals surface area contributed by atoms with Gasteiger partial charge in [0, 0.05) is 19.5 Å². The molecule has 1 aliphatic carbocycles. The molecule has 0 saturated heterocycles. The van der Waals surface area contributed by atoms with Crippen molar-refractivity contribution in [3.63, 3.8) is 0 Å². The molecule has 1 heterocycles. The van der Waals surface area contributed by atoms with E-state index in [2.05, 4.69) is 28.9 Å². The van der Waals surface area contributed by atoms with Crippen molar-refractivity contribution in [2.45, 2.75) is 44.9 Å². The summed E-state index contributed by atoms with van der Waals surface area (Å²) in [7, 11) is 0. The predicted molar refractivity (Wildman–Crippen MR) is 70.4 cm³/mol. The van der Waals surface area contributed by atoms with Crippen molar-refractivity contribution in [2.75, 3.05) is 26.2 Å². The molecule has 1 aromatic rings. The van der Waals surface area contributed by atoms with E-state index in [1.54, 1.807) is 0 Å². The Morgan fingerprint density at radius 3 is 2.56 bits per heavy atom. The van der Waals surface area contributed by atoms with Crippen molar-refractivity contribution in [2.24, 2.45) is 5.73 Å². The summed E-state index contributed by atoms with van der Waals surface area (Å²) in [6.07, 6.45) is 4.24. The van der Waals surface area contributed by atoms with Crippen LogP contribution in [0.3, 0.4) is 0 Å². The maximum absolute atomic E-state index is 5.84. The van der Waals surface area contributed by atoms with Crippen molar-refractivity contribution in [1.82, 2.24) is 15.0 Å². The molecule has 0 atom stereocenters. The summed E-state index contributed by atoms with van der Waals surface area (Å²) in [4.78, 5) is 6.89. The summed E-state index contributed by atoms with van der Waals surface area (Å²) in [6, 6.07) is 0. The zero-order valence-electron chi connectivity index (χ0n) is 11.5. The summed E-state index contributed by atoms with van der Waals surface area (Å²) < 4.78 is 5.40. The van der Waals surface area contributed by atoms with Crippen LogP contribution in [0.5, 0.6) is 0 Å². The molecule has 0 aliphatic heterocycles. The van der Waals surface area contributed by atoms with Gasteiger partial charge in [0.25, 0.3) is 0 Å². The van der Waals surface area contributed by atoms with Crippen molar-refractivity contribution < 1.29 is 4.52 Å². The molecule has 0 radical (unpaired) electrons. The molecule has 5 nitrogen and oxygen atoms in total. The maximum atomic E-state index is 5.84. The minimum Gasteiger partial charge on any atom is -0.339 e. The highest BCUT2D eigenvalue weighted by Crippen LogP contribution is 2.41. The number of likely N-dealkylation sites (N-methyl/N-ethyl adjacent to an activating group) is 1. The predicted octanol–water partition coefficient (Wildman–Crippen LogP) is 1.33. The molecular weight excluding hydrogens is 228 g/mol. The zero-order chi connectivity index (χ0) is 13.0. The fraction of sp³-hybridized carbons (Fsp3) is 0.846. The third-order valence-corrected chi connectivity index (χ3v) is 4.17. The average molecular weight is 252 g/mol. The minimum atomic E-state index is -0.0134. The highest BCUT2D eigenvalue weighted by Gasteiger charge is 2.42. The van der Waals surface area contributed by atoms with Crippen LogP contribution in [0.25, 0.3) is 0 Å². The van der Waals surface area contributed by atoms with Crippen LogP contribution in [-0.2, 0) is 11.8 Å². The van der Waals surface area contributed by atoms with E-state index in [4.69, 9.17) is 10.3 Å². The summed E-state index contributed by atoms with van der Waals surface area (Å²) in [5.74, 6) is 1.57. The second-order valence-electron chi connectivity index (χ2n) is 5.13. The second-order valence-corrected chi connectivity index (χ2v) is 5.13. The smallest absolute Gasteiger partial charge is 0.234 e. The topological polar surface area (TPSA) is 68.2 Å². The Morgan fingerprint density at radius 1 is 1.33 bits per heavy atom. The normalized spacial score (nSPS) is 18.0. The van der Waals surface area contributed by atoms with Crippen LogP contribution in [0.15, 0.2) is 4.52 Å². The SMILES string of the molecule is CCN(CC)CCc1noc(C2(CN)CCC2)n1. The molecule has 5 heteroatoms. The first-order chi connectivity index (χ1) is 8.74. The summed E-state index contributed by atoms with van der Waals surface area (Å²) in [5.41, 5.74) is 5.83. The van der Waals surface area contributed by atoms with Crippen LogP contribution in [0, 0.1) is 0 Å². The first-order valence-electron chi connectivity index (χ1n) is 6.99. The van der Waals surface area contributed by atoms with Gasteiger partial charge in [0.2, 0.25) is 5.89 Å². The van der Waals surface area contributed by atoms with Crippen LogP contribution in [0.2, 0.25) is 0 Å². The van der Waals surface area contributed by atoms with Crippen molar-refractivity contribution >= 4 is 0 Å². The molecule has 1 aromatic heterocycles. The van der Waals surface area contributed by atoms with E-state index >= 15 is 0 Å². The lowest BCUT2D eigenvalue weighted by Gasteiger charge is -2.36. The number of nitrogens with zero attached hydrogens (tertiary/aromatic N) is 3. The van der Waals surface area contributed by atoms with Gasteiger partial charge in [0.15, 0.2) is 5.82 Å². The lowest BCUT2D eigenvalue weighted by molar-refractivity contribution is 0.181. The molecule has 0 aromatic carbocycles. The average Bonchev–Trinajstić information content (AvgIpc) is 2.79. The van der Waals surface area contributed by atoms with E-state index in [-0.39, 0.29) is 5.41 Å². The van der Waals surface area contributed by atoms with Crippen molar-refractivity contribution in [1.29, 1.82) is 0 Å². The van der Waals surface area contributed by atoms with E-state index in [0.29, 0.717) is 6.54 Å². The summed E-state index contributed by atoms with van der Waals surface area (Å²) in [6.45, 7) is 8.07. The Kier molecular flexibility index (Phi) is 4.35. The third kappa shape index (κ3) is 2.57. The van der Waals surface area contributed by atoms with Gasteiger partial charge in [-0.25, -0.2) is 0 Å².